The van der Waals surface area contributed by atoms with Crippen LogP contribution in [0.3, 0.4) is 0 Å². The minimum Gasteiger partial charge on any atom is -0.162 e. The van der Waals surface area contributed by atoms with Gasteiger partial charge in [-0.05, 0) is 24.3 Å². The maximum Gasteiger partial charge on any atom is 0.0231 e. The molecule has 0 atom stereocenters. The van der Waals surface area contributed by atoms with Crippen LogP contribution in [-0.2, 0) is 0 Å². The monoisotopic (exact) mass is 362 g/mol. The molecule has 0 saturated heterocycles. The minimum absolute atomic E-state index is 0.825. The molecule has 0 nitrogen and oxygen atoms in total. The first-order chi connectivity index (χ1) is 11.4. The van der Waals surface area contributed by atoms with Crippen LogP contribution >= 0.6 is 23.4 Å². The van der Waals surface area contributed by atoms with Gasteiger partial charge in [0.25, 0.3) is 0 Å². The highest BCUT2D eigenvalue weighted by Gasteiger charge is 1.95. The van der Waals surface area contributed by atoms with Crippen LogP contribution in [0.25, 0.3) is 0 Å². The molecular weight excluding hydrogens is 320 g/mol. The summed E-state index contributed by atoms with van der Waals surface area (Å²) >= 11 is 7.75. The number of halogens is 1. The minimum atomic E-state index is 0.825. The Hall–Kier alpha value is 0.640. The van der Waals surface area contributed by atoms with E-state index in [1.807, 2.05) is 0 Å². The summed E-state index contributed by atoms with van der Waals surface area (Å²) in [5.41, 5.74) is 0. The van der Waals surface area contributed by atoms with Gasteiger partial charge in [-0.15, -0.1) is 11.6 Å². The summed E-state index contributed by atoms with van der Waals surface area (Å²) in [7, 11) is 0. The van der Waals surface area contributed by atoms with Crippen molar-refractivity contribution >= 4 is 23.4 Å². The summed E-state index contributed by atoms with van der Waals surface area (Å²) in [4.78, 5) is 0. The summed E-state index contributed by atoms with van der Waals surface area (Å²) in [6, 6.07) is 0. The lowest BCUT2D eigenvalue weighted by molar-refractivity contribution is 0.531. The number of thioether (sulfide) groups is 1. The molecule has 0 radical (unpaired) electrons. The lowest BCUT2D eigenvalue weighted by atomic mass is 10.0. The van der Waals surface area contributed by atoms with Crippen LogP contribution < -0.4 is 0 Å². The number of rotatable bonds is 20. The molecule has 0 amide bonds. The predicted molar refractivity (Wildman–Crippen MR) is 112 cm³/mol. The fraction of sp³-hybridized carbons (Fsp3) is 1.00. The van der Waals surface area contributed by atoms with Gasteiger partial charge < -0.3 is 0 Å². The Bertz CT molecular complexity index is 176. The molecule has 0 fully saturated rings. The molecule has 0 bridgehead atoms. The maximum absolute atomic E-state index is 5.67. The topological polar surface area (TPSA) is 0 Å². The van der Waals surface area contributed by atoms with Crippen molar-refractivity contribution in [1.82, 2.24) is 0 Å². The molecule has 23 heavy (non-hydrogen) atoms. The van der Waals surface area contributed by atoms with Crippen molar-refractivity contribution in [1.29, 1.82) is 0 Å². The third-order valence-electron chi connectivity index (χ3n) is 4.56. The molecule has 0 rings (SSSR count). The van der Waals surface area contributed by atoms with Crippen LogP contribution in [0.15, 0.2) is 0 Å². The van der Waals surface area contributed by atoms with E-state index in [2.05, 4.69) is 18.7 Å². The molecule has 0 aliphatic heterocycles. The zero-order valence-corrected chi connectivity index (χ0v) is 17.5. The SMILES string of the molecule is CCCCCCCCCCCCCCCCCCSCCCCl. The van der Waals surface area contributed by atoms with Crippen molar-refractivity contribution < 1.29 is 0 Å². The van der Waals surface area contributed by atoms with Crippen LogP contribution in [-0.4, -0.2) is 17.4 Å². The summed E-state index contributed by atoms with van der Waals surface area (Å²) in [5.74, 6) is 3.42. The van der Waals surface area contributed by atoms with E-state index in [4.69, 9.17) is 11.6 Å². The van der Waals surface area contributed by atoms with Gasteiger partial charge >= 0.3 is 0 Å². The average molecular weight is 363 g/mol. The third kappa shape index (κ3) is 22.6. The van der Waals surface area contributed by atoms with Gasteiger partial charge in [-0.1, -0.05) is 103 Å². The predicted octanol–water partition coefficient (Wildman–Crippen LogP) is 8.61. The standard InChI is InChI=1S/C21H43ClS/c1-2-3-4-5-6-7-8-9-10-11-12-13-14-15-16-17-20-23-21-18-19-22/h2-21H2,1H3. The fourth-order valence-corrected chi connectivity index (χ4v) is 4.26. The second-order valence-electron chi connectivity index (χ2n) is 6.96. The van der Waals surface area contributed by atoms with Crippen LogP contribution in [0.4, 0.5) is 0 Å². The zero-order valence-electron chi connectivity index (χ0n) is 15.9. The molecule has 0 unspecified atom stereocenters. The van der Waals surface area contributed by atoms with Gasteiger partial charge in [0.15, 0.2) is 0 Å². The maximum atomic E-state index is 5.67. The van der Waals surface area contributed by atoms with E-state index < -0.39 is 0 Å². The molecule has 0 aromatic heterocycles. The van der Waals surface area contributed by atoms with E-state index >= 15 is 0 Å². The molecule has 2 heteroatoms. The summed E-state index contributed by atoms with van der Waals surface area (Å²) in [6.45, 7) is 2.30. The summed E-state index contributed by atoms with van der Waals surface area (Å²) in [6.07, 6.45) is 24.5. The van der Waals surface area contributed by atoms with Gasteiger partial charge in [-0.25, -0.2) is 0 Å². The van der Waals surface area contributed by atoms with Crippen LogP contribution in [0, 0.1) is 0 Å². The van der Waals surface area contributed by atoms with Crippen molar-refractivity contribution in [3.05, 3.63) is 0 Å². The van der Waals surface area contributed by atoms with E-state index in [1.165, 1.54) is 121 Å². The zero-order chi connectivity index (χ0) is 16.8. The van der Waals surface area contributed by atoms with Gasteiger partial charge in [-0.2, -0.15) is 11.8 Å². The van der Waals surface area contributed by atoms with Crippen LogP contribution in [0.5, 0.6) is 0 Å². The third-order valence-corrected chi connectivity index (χ3v) is 5.99. The largest absolute Gasteiger partial charge is 0.162 e. The van der Waals surface area contributed by atoms with E-state index in [-0.39, 0.29) is 0 Å². The van der Waals surface area contributed by atoms with E-state index in [0.717, 1.165) is 5.88 Å². The van der Waals surface area contributed by atoms with Gasteiger partial charge in [0.05, 0.1) is 0 Å². The van der Waals surface area contributed by atoms with E-state index in [9.17, 15) is 0 Å². The molecule has 0 heterocycles. The Balaban J connectivity index is 2.92. The van der Waals surface area contributed by atoms with Gasteiger partial charge in [0, 0.05) is 5.88 Å². The molecular formula is C21H43ClS. The first-order valence-electron chi connectivity index (χ1n) is 10.6. The number of unbranched alkanes of at least 4 members (excludes halogenated alkanes) is 15. The molecule has 0 aromatic rings. The fourth-order valence-electron chi connectivity index (χ4n) is 3.01. The highest BCUT2D eigenvalue weighted by molar-refractivity contribution is 7.99. The lowest BCUT2D eigenvalue weighted by Crippen LogP contribution is -1.86. The average Bonchev–Trinajstić information content (AvgIpc) is 2.57. The van der Waals surface area contributed by atoms with Crippen molar-refractivity contribution in [3.8, 4) is 0 Å². The first-order valence-corrected chi connectivity index (χ1v) is 12.2. The molecule has 140 valence electrons. The highest BCUT2D eigenvalue weighted by Crippen LogP contribution is 2.14. The number of hydrogen-bond donors (Lipinski definition) is 0. The second kappa shape index (κ2) is 22.6. The number of hydrogen-bond acceptors (Lipinski definition) is 1. The molecule has 0 aliphatic carbocycles. The van der Waals surface area contributed by atoms with E-state index in [1.54, 1.807) is 0 Å². The normalized spacial score (nSPS) is 11.2. The van der Waals surface area contributed by atoms with Crippen molar-refractivity contribution in [3.63, 3.8) is 0 Å². The molecule has 0 N–H and O–H groups in total. The van der Waals surface area contributed by atoms with E-state index in [0.29, 0.717) is 0 Å². The summed E-state index contributed by atoms with van der Waals surface area (Å²) < 4.78 is 0. The summed E-state index contributed by atoms with van der Waals surface area (Å²) in [5, 5.41) is 0. The molecule has 0 aromatic carbocycles. The first kappa shape index (κ1) is 23.6. The van der Waals surface area contributed by atoms with Crippen LogP contribution in [0.2, 0.25) is 0 Å². The van der Waals surface area contributed by atoms with Crippen molar-refractivity contribution in [2.75, 3.05) is 17.4 Å². The van der Waals surface area contributed by atoms with Gasteiger partial charge in [-0.3, -0.25) is 0 Å². The number of alkyl halides is 1. The smallest absolute Gasteiger partial charge is 0.0231 e. The van der Waals surface area contributed by atoms with Crippen molar-refractivity contribution in [2.24, 2.45) is 0 Å². The molecule has 0 spiro atoms. The molecule has 0 aliphatic rings. The van der Waals surface area contributed by atoms with Gasteiger partial charge in [0.2, 0.25) is 0 Å². The van der Waals surface area contributed by atoms with Crippen molar-refractivity contribution in [2.45, 2.75) is 116 Å². The Morgan fingerprint density at radius 2 is 0.826 bits per heavy atom. The van der Waals surface area contributed by atoms with Crippen LogP contribution in [0.1, 0.15) is 116 Å². The lowest BCUT2D eigenvalue weighted by Gasteiger charge is -2.03. The quantitative estimate of drug-likeness (QED) is 0.154. The highest BCUT2D eigenvalue weighted by atomic mass is 35.5. The van der Waals surface area contributed by atoms with Gasteiger partial charge in [0.1, 0.15) is 0 Å². The Labute approximate surface area is 156 Å². The molecule has 0 saturated carbocycles. The Kier molecular flexibility index (Phi) is 23.3. The second-order valence-corrected chi connectivity index (χ2v) is 8.56. The Morgan fingerprint density at radius 3 is 1.22 bits per heavy atom. The Morgan fingerprint density at radius 1 is 0.478 bits per heavy atom.